The number of hydrogen-bond donors (Lipinski definition) is 2. The van der Waals surface area contributed by atoms with Gasteiger partial charge in [-0.15, -0.1) is 12.4 Å². The quantitative estimate of drug-likeness (QED) is 0.637. The lowest BCUT2D eigenvalue weighted by molar-refractivity contribution is -0.384. The fourth-order valence-corrected chi connectivity index (χ4v) is 3.28. The van der Waals surface area contributed by atoms with E-state index in [1.807, 2.05) is 0 Å². The third kappa shape index (κ3) is 4.14. The Hall–Kier alpha value is -1.22. The highest BCUT2D eigenvalue weighted by atomic mass is 35.5. The predicted octanol–water partition coefficient (Wildman–Crippen LogP) is 1.05. The zero-order chi connectivity index (χ0) is 13.9. The Kier molecular flexibility index (Phi) is 5.88. The summed E-state index contributed by atoms with van der Waals surface area (Å²) in [6.07, 6.45) is 1.48. The lowest BCUT2D eigenvalue weighted by Gasteiger charge is -2.23. The highest BCUT2D eigenvalue weighted by Crippen LogP contribution is 2.17. The van der Waals surface area contributed by atoms with Crippen molar-refractivity contribution in [3.05, 3.63) is 34.4 Å². The Morgan fingerprint density at radius 3 is 2.25 bits per heavy atom. The molecule has 1 aliphatic rings. The van der Waals surface area contributed by atoms with Gasteiger partial charge in [-0.2, -0.15) is 0 Å². The van der Waals surface area contributed by atoms with Crippen LogP contribution in [-0.4, -0.2) is 32.5 Å². The van der Waals surface area contributed by atoms with Crippen molar-refractivity contribution < 1.29 is 13.3 Å². The van der Waals surface area contributed by atoms with Crippen molar-refractivity contribution in [2.24, 2.45) is 0 Å². The summed E-state index contributed by atoms with van der Waals surface area (Å²) in [4.78, 5) is 10.0. The standard InChI is InChI=1S/C11H15N3O4S.ClH/c15-14(16)10-1-3-11(4-2-10)19(17,18)13-9-5-7-12-8-6-9;/h1-4,9,12-13H,5-8H2;1H. The molecule has 0 atom stereocenters. The van der Waals surface area contributed by atoms with Crippen molar-refractivity contribution in [3.8, 4) is 0 Å². The van der Waals surface area contributed by atoms with Crippen LogP contribution in [0.15, 0.2) is 29.2 Å². The van der Waals surface area contributed by atoms with Crippen LogP contribution in [0.5, 0.6) is 0 Å². The minimum absolute atomic E-state index is 0. The highest BCUT2D eigenvalue weighted by Gasteiger charge is 2.22. The van der Waals surface area contributed by atoms with Crippen LogP contribution in [0.4, 0.5) is 5.69 Å². The number of sulfonamides is 1. The maximum absolute atomic E-state index is 12.1. The predicted molar refractivity (Wildman–Crippen MR) is 76.6 cm³/mol. The van der Waals surface area contributed by atoms with Crippen LogP contribution < -0.4 is 10.0 Å². The molecule has 0 radical (unpaired) electrons. The Morgan fingerprint density at radius 1 is 1.20 bits per heavy atom. The molecule has 1 saturated heterocycles. The summed E-state index contributed by atoms with van der Waals surface area (Å²) in [6, 6.07) is 4.80. The second-order valence-corrected chi connectivity index (χ2v) is 6.11. The van der Waals surface area contributed by atoms with E-state index in [1.54, 1.807) is 0 Å². The van der Waals surface area contributed by atoms with Gasteiger partial charge in [0.25, 0.3) is 5.69 Å². The first-order valence-corrected chi connectivity index (χ1v) is 7.45. The fraction of sp³-hybridized carbons (Fsp3) is 0.455. The largest absolute Gasteiger partial charge is 0.317 e. The molecule has 0 saturated carbocycles. The molecule has 2 rings (SSSR count). The van der Waals surface area contributed by atoms with Gasteiger partial charge in [0.05, 0.1) is 9.82 Å². The molecular formula is C11H16ClN3O4S. The second kappa shape index (κ2) is 6.98. The third-order valence-corrected chi connectivity index (χ3v) is 4.56. The molecule has 1 aromatic rings. The molecule has 1 heterocycles. The van der Waals surface area contributed by atoms with E-state index in [0.717, 1.165) is 25.9 Å². The van der Waals surface area contributed by atoms with Crippen molar-refractivity contribution >= 4 is 28.1 Å². The number of rotatable bonds is 4. The van der Waals surface area contributed by atoms with E-state index in [4.69, 9.17) is 0 Å². The van der Waals surface area contributed by atoms with Crippen LogP contribution in [0, 0.1) is 10.1 Å². The SMILES string of the molecule is Cl.O=[N+]([O-])c1ccc(S(=O)(=O)NC2CCNCC2)cc1. The molecule has 0 unspecified atom stereocenters. The third-order valence-electron chi connectivity index (χ3n) is 3.02. The van der Waals surface area contributed by atoms with Crippen molar-refractivity contribution in [1.82, 2.24) is 10.0 Å². The smallest absolute Gasteiger partial charge is 0.269 e. The van der Waals surface area contributed by atoms with Crippen LogP contribution in [-0.2, 0) is 10.0 Å². The molecule has 1 aromatic carbocycles. The van der Waals surface area contributed by atoms with Crippen molar-refractivity contribution in [2.45, 2.75) is 23.8 Å². The molecule has 0 bridgehead atoms. The first-order valence-electron chi connectivity index (χ1n) is 5.96. The van der Waals surface area contributed by atoms with Crippen LogP contribution in [0.25, 0.3) is 0 Å². The average Bonchev–Trinajstić information content (AvgIpc) is 2.39. The number of halogens is 1. The summed E-state index contributed by atoms with van der Waals surface area (Å²) in [7, 11) is -3.60. The Bertz CT molecular complexity index is 556. The van der Waals surface area contributed by atoms with E-state index in [9.17, 15) is 18.5 Å². The maximum Gasteiger partial charge on any atom is 0.269 e. The maximum atomic E-state index is 12.1. The van der Waals surface area contributed by atoms with E-state index in [1.165, 1.54) is 24.3 Å². The van der Waals surface area contributed by atoms with Gasteiger partial charge in [0, 0.05) is 18.2 Å². The lowest BCUT2D eigenvalue weighted by atomic mass is 10.1. The van der Waals surface area contributed by atoms with E-state index < -0.39 is 14.9 Å². The summed E-state index contributed by atoms with van der Waals surface area (Å²) < 4.78 is 26.8. The minimum atomic E-state index is -3.60. The molecule has 2 N–H and O–H groups in total. The number of benzene rings is 1. The molecule has 7 nitrogen and oxygen atoms in total. The normalized spacial score (nSPS) is 16.4. The van der Waals surface area contributed by atoms with Gasteiger partial charge in [-0.3, -0.25) is 10.1 Å². The van der Waals surface area contributed by atoms with E-state index in [-0.39, 0.29) is 29.0 Å². The van der Waals surface area contributed by atoms with Gasteiger partial charge < -0.3 is 5.32 Å². The number of nitro groups is 1. The van der Waals surface area contributed by atoms with Gasteiger partial charge in [-0.25, -0.2) is 13.1 Å². The molecule has 0 aliphatic carbocycles. The second-order valence-electron chi connectivity index (χ2n) is 4.40. The summed E-state index contributed by atoms with van der Waals surface area (Å²) in [5, 5.41) is 13.7. The highest BCUT2D eigenvalue weighted by molar-refractivity contribution is 7.89. The van der Waals surface area contributed by atoms with Crippen molar-refractivity contribution in [1.29, 1.82) is 0 Å². The Labute approximate surface area is 123 Å². The zero-order valence-corrected chi connectivity index (χ0v) is 12.2. The first-order chi connectivity index (χ1) is 8.99. The monoisotopic (exact) mass is 321 g/mol. The topological polar surface area (TPSA) is 101 Å². The molecule has 1 fully saturated rings. The Balaban J connectivity index is 0.00000200. The van der Waals surface area contributed by atoms with Crippen LogP contribution in [0.1, 0.15) is 12.8 Å². The lowest BCUT2D eigenvalue weighted by Crippen LogP contribution is -2.42. The van der Waals surface area contributed by atoms with Gasteiger partial charge >= 0.3 is 0 Å². The zero-order valence-electron chi connectivity index (χ0n) is 10.6. The van der Waals surface area contributed by atoms with Crippen LogP contribution in [0.3, 0.4) is 0 Å². The van der Waals surface area contributed by atoms with Gasteiger partial charge in [-0.1, -0.05) is 0 Å². The first kappa shape index (κ1) is 16.8. The summed E-state index contributed by atoms with van der Waals surface area (Å²) in [6.45, 7) is 1.57. The van der Waals surface area contributed by atoms with Crippen LogP contribution >= 0.6 is 12.4 Å². The molecule has 9 heteroatoms. The number of piperidine rings is 1. The summed E-state index contributed by atoms with van der Waals surface area (Å²) in [5.74, 6) is 0. The fourth-order valence-electron chi connectivity index (χ4n) is 1.97. The van der Waals surface area contributed by atoms with Crippen molar-refractivity contribution in [2.75, 3.05) is 13.1 Å². The molecule has 20 heavy (non-hydrogen) atoms. The number of non-ortho nitro benzene ring substituents is 1. The molecule has 112 valence electrons. The number of nitrogens with zero attached hydrogens (tertiary/aromatic N) is 1. The number of nitro benzene ring substituents is 1. The molecule has 0 amide bonds. The summed E-state index contributed by atoms with van der Waals surface area (Å²) in [5.41, 5.74) is -0.124. The van der Waals surface area contributed by atoms with E-state index in [0.29, 0.717) is 0 Å². The van der Waals surface area contributed by atoms with Gasteiger partial charge in [0.15, 0.2) is 0 Å². The van der Waals surface area contributed by atoms with Gasteiger partial charge in [0.2, 0.25) is 10.0 Å². The minimum Gasteiger partial charge on any atom is -0.317 e. The molecular weight excluding hydrogens is 306 g/mol. The average molecular weight is 322 g/mol. The van der Waals surface area contributed by atoms with Gasteiger partial charge in [-0.05, 0) is 38.1 Å². The summed E-state index contributed by atoms with van der Waals surface area (Å²) >= 11 is 0. The molecule has 0 aromatic heterocycles. The number of hydrogen-bond acceptors (Lipinski definition) is 5. The molecule has 0 spiro atoms. The van der Waals surface area contributed by atoms with E-state index >= 15 is 0 Å². The van der Waals surface area contributed by atoms with Crippen molar-refractivity contribution in [3.63, 3.8) is 0 Å². The molecule has 1 aliphatic heterocycles. The number of nitrogens with one attached hydrogen (secondary N) is 2. The Morgan fingerprint density at radius 2 is 1.75 bits per heavy atom. The van der Waals surface area contributed by atoms with Gasteiger partial charge in [0.1, 0.15) is 0 Å². The van der Waals surface area contributed by atoms with Crippen LogP contribution in [0.2, 0.25) is 0 Å². The van der Waals surface area contributed by atoms with E-state index in [2.05, 4.69) is 10.0 Å².